The smallest absolute Gasteiger partial charge is 0.249 e. The molecule has 2 amide bonds. The van der Waals surface area contributed by atoms with Crippen LogP contribution in [0.15, 0.2) is 36.1 Å². The van der Waals surface area contributed by atoms with E-state index in [1.165, 1.54) is 0 Å². The number of hydrogen-bond acceptors (Lipinski definition) is 3. The Hall–Kier alpha value is -1.84. The maximum atomic E-state index is 11.5. The predicted octanol–water partition coefficient (Wildman–Crippen LogP) is 1.42. The largest absolute Gasteiger partial charge is 0.374 e. The minimum absolute atomic E-state index is 0.207. The van der Waals surface area contributed by atoms with Crippen molar-refractivity contribution in [2.75, 3.05) is 0 Å². The molecule has 1 saturated heterocycles. The van der Waals surface area contributed by atoms with E-state index in [2.05, 4.69) is 17.2 Å². The molecule has 0 spiro atoms. The normalized spacial score (nSPS) is 20.6. The minimum Gasteiger partial charge on any atom is -0.374 e. The van der Waals surface area contributed by atoms with Gasteiger partial charge in [-0.3, -0.25) is 14.9 Å². The summed E-state index contributed by atoms with van der Waals surface area (Å²) in [5, 5.41) is 5.37. The number of hydrogen-bond donors (Lipinski definition) is 2. The summed E-state index contributed by atoms with van der Waals surface area (Å²) in [4.78, 5) is 22.5. The summed E-state index contributed by atoms with van der Waals surface area (Å²) in [6.07, 6.45) is 6.35. The van der Waals surface area contributed by atoms with Crippen molar-refractivity contribution in [3.63, 3.8) is 0 Å². The van der Waals surface area contributed by atoms with Crippen molar-refractivity contribution in [3.05, 3.63) is 36.1 Å². The number of carbonyl (C=O) groups excluding carboxylic acids is 2. The summed E-state index contributed by atoms with van der Waals surface area (Å²) in [6, 6.07) is -0.359. The molecule has 2 N–H and O–H groups in total. The van der Waals surface area contributed by atoms with Gasteiger partial charge < -0.3 is 5.32 Å². The second-order valence-electron chi connectivity index (χ2n) is 4.22. The van der Waals surface area contributed by atoms with E-state index in [0.29, 0.717) is 12.8 Å². The van der Waals surface area contributed by atoms with Gasteiger partial charge in [0.15, 0.2) is 0 Å². The van der Waals surface area contributed by atoms with Crippen molar-refractivity contribution in [1.29, 1.82) is 0 Å². The SMILES string of the molecule is C=C/C(=C\C=C(C)C)NC1CCC(=O)NC1=O. The Morgan fingerprint density at radius 3 is 2.65 bits per heavy atom. The van der Waals surface area contributed by atoms with Crippen molar-refractivity contribution >= 4 is 11.8 Å². The molecule has 0 aromatic rings. The molecule has 1 rings (SSSR count). The topological polar surface area (TPSA) is 58.2 Å². The molecule has 0 aromatic heterocycles. The van der Waals surface area contributed by atoms with Gasteiger partial charge in [-0.1, -0.05) is 18.2 Å². The van der Waals surface area contributed by atoms with E-state index in [1.807, 2.05) is 26.0 Å². The van der Waals surface area contributed by atoms with Gasteiger partial charge in [-0.05, 0) is 32.4 Å². The second kappa shape index (κ2) is 6.03. The molecule has 0 radical (unpaired) electrons. The van der Waals surface area contributed by atoms with Crippen LogP contribution in [0.25, 0.3) is 0 Å². The van der Waals surface area contributed by atoms with E-state index < -0.39 is 0 Å². The van der Waals surface area contributed by atoms with Crippen LogP contribution in [0.4, 0.5) is 0 Å². The van der Waals surface area contributed by atoms with E-state index >= 15 is 0 Å². The van der Waals surface area contributed by atoms with Crippen molar-refractivity contribution in [2.24, 2.45) is 0 Å². The average Bonchev–Trinajstić information content (AvgIpc) is 2.26. The lowest BCUT2D eigenvalue weighted by Crippen LogP contribution is -2.50. The van der Waals surface area contributed by atoms with Crippen LogP contribution in [0.2, 0.25) is 0 Å². The van der Waals surface area contributed by atoms with Gasteiger partial charge in [0, 0.05) is 12.1 Å². The highest BCUT2D eigenvalue weighted by Gasteiger charge is 2.26. The van der Waals surface area contributed by atoms with Crippen molar-refractivity contribution in [2.45, 2.75) is 32.7 Å². The minimum atomic E-state index is -0.359. The first-order valence-electron chi connectivity index (χ1n) is 5.61. The Morgan fingerprint density at radius 1 is 1.41 bits per heavy atom. The van der Waals surface area contributed by atoms with Crippen LogP contribution in [0.1, 0.15) is 26.7 Å². The lowest BCUT2D eigenvalue weighted by atomic mass is 10.1. The lowest BCUT2D eigenvalue weighted by Gasteiger charge is -2.23. The molecule has 1 fully saturated rings. The van der Waals surface area contributed by atoms with Crippen LogP contribution < -0.4 is 10.6 Å². The van der Waals surface area contributed by atoms with Crippen LogP contribution >= 0.6 is 0 Å². The first kappa shape index (κ1) is 13.2. The number of carbonyl (C=O) groups is 2. The number of rotatable bonds is 4. The predicted molar refractivity (Wildman–Crippen MR) is 67.0 cm³/mol. The van der Waals surface area contributed by atoms with Crippen molar-refractivity contribution in [3.8, 4) is 0 Å². The van der Waals surface area contributed by atoms with Gasteiger partial charge in [0.1, 0.15) is 6.04 Å². The standard InChI is InChI=1S/C13H18N2O2/c1-4-10(6-5-9(2)3)14-11-7-8-12(16)15-13(11)17/h4-6,11,14H,1,7-8H2,2-3H3,(H,15,16,17)/b10-6+. The summed E-state index contributed by atoms with van der Waals surface area (Å²) < 4.78 is 0. The van der Waals surface area contributed by atoms with Gasteiger partial charge >= 0.3 is 0 Å². The van der Waals surface area contributed by atoms with Crippen LogP contribution in [0.3, 0.4) is 0 Å². The Kier molecular flexibility index (Phi) is 4.69. The van der Waals surface area contributed by atoms with Crippen LogP contribution in [0, 0.1) is 0 Å². The lowest BCUT2D eigenvalue weighted by molar-refractivity contribution is -0.134. The molecule has 92 valence electrons. The van der Waals surface area contributed by atoms with E-state index in [-0.39, 0.29) is 17.9 Å². The highest BCUT2D eigenvalue weighted by Crippen LogP contribution is 2.07. The number of allylic oxidation sites excluding steroid dienone is 4. The summed E-state index contributed by atoms with van der Waals surface area (Å²) >= 11 is 0. The molecular formula is C13H18N2O2. The number of piperidine rings is 1. The molecule has 1 heterocycles. The quantitative estimate of drug-likeness (QED) is 0.571. The third kappa shape index (κ3) is 4.26. The zero-order valence-corrected chi connectivity index (χ0v) is 10.2. The first-order valence-corrected chi connectivity index (χ1v) is 5.61. The Balaban J connectivity index is 2.66. The van der Waals surface area contributed by atoms with Gasteiger partial charge in [0.05, 0.1) is 0 Å². The fourth-order valence-electron chi connectivity index (χ4n) is 1.46. The van der Waals surface area contributed by atoms with Crippen molar-refractivity contribution in [1.82, 2.24) is 10.6 Å². The van der Waals surface area contributed by atoms with E-state index in [9.17, 15) is 9.59 Å². The number of amides is 2. The van der Waals surface area contributed by atoms with Gasteiger partial charge in [-0.2, -0.15) is 0 Å². The zero-order valence-electron chi connectivity index (χ0n) is 10.2. The maximum Gasteiger partial charge on any atom is 0.249 e. The van der Waals surface area contributed by atoms with Crippen molar-refractivity contribution < 1.29 is 9.59 Å². The fourth-order valence-corrected chi connectivity index (χ4v) is 1.46. The molecule has 0 bridgehead atoms. The molecular weight excluding hydrogens is 216 g/mol. The van der Waals surface area contributed by atoms with E-state index in [4.69, 9.17) is 0 Å². The molecule has 0 aromatic carbocycles. The highest BCUT2D eigenvalue weighted by atomic mass is 16.2. The van der Waals surface area contributed by atoms with Gasteiger partial charge in [0.25, 0.3) is 0 Å². The van der Waals surface area contributed by atoms with Gasteiger partial charge in [-0.25, -0.2) is 0 Å². The highest BCUT2D eigenvalue weighted by molar-refractivity contribution is 6.00. The van der Waals surface area contributed by atoms with E-state index in [1.54, 1.807) is 6.08 Å². The van der Waals surface area contributed by atoms with Gasteiger partial charge in [-0.15, -0.1) is 0 Å². The molecule has 1 atom stereocenters. The van der Waals surface area contributed by atoms with Gasteiger partial charge in [0.2, 0.25) is 11.8 Å². The first-order chi connectivity index (χ1) is 8.02. The van der Waals surface area contributed by atoms with Crippen LogP contribution in [-0.2, 0) is 9.59 Å². The Morgan fingerprint density at radius 2 is 2.12 bits per heavy atom. The van der Waals surface area contributed by atoms with Crippen LogP contribution in [-0.4, -0.2) is 17.9 Å². The summed E-state index contributed by atoms with van der Waals surface area (Å²) in [7, 11) is 0. The zero-order chi connectivity index (χ0) is 12.8. The average molecular weight is 234 g/mol. The third-order valence-electron chi connectivity index (χ3n) is 2.40. The van der Waals surface area contributed by atoms with E-state index in [0.717, 1.165) is 11.3 Å². The molecule has 4 heteroatoms. The molecule has 1 aliphatic heterocycles. The molecule has 0 saturated carbocycles. The summed E-state index contributed by atoms with van der Waals surface area (Å²) in [5.41, 5.74) is 1.94. The maximum absolute atomic E-state index is 11.5. The monoisotopic (exact) mass is 234 g/mol. The molecule has 1 aliphatic rings. The molecule has 1 unspecified atom stereocenters. The number of imide groups is 1. The summed E-state index contributed by atoms with van der Waals surface area (Å²) in [5.74, 6) is -0.479. The Bertz CT molecular complexity index is 390. The molecule has 4 nitrogen and oxygen atoms in total. The summed E-state index contributed by atoms with van der Waals surface area (Å²) in [6.45, 7) is 7.66. The molecule has 17 heavy (non-hydrogen) atoms. The number of nitrogens with one attached hydrogen (secondary N) is 2. The fraction of sp³-hybridized carbons (Fsp3) is 0.385. The molecule has 0 aliphatic carbocycles. The second-order valence-corrected chi connectivity index (χ2v) is 4.22. The third-order valence-corrected chi connectivity index (χ3v) is 2.40. The Labute approximate surface area is 101 Å². The van der Waals surface area contributed by atoms with Crippen LogP contribution in [0.5, 0.6) is 0 Å².